The van der Waals surface area contributed by atoms with E-state index in [1.54, 1.807) is 10.4 Å². The van der Waals surface area contributed by atoms with Crippen LogP contribution in [0.15, 0.2) is 10.6 Å². The lowest BCUT2D eigenvalue weighted by atomic mass is 9.86. The largest absolute Gasteiger partial charge is 0.360 e. The van der Waals surface area contributed by atoms with E-state index in [0.717, 1.165) is 57.4 Å². The summed E-state index contributed by atoms with van der Waals surface area (Å²) in [5, 5.41) is 7.08. The van der Waals surface area contributed by atoms with Gasteiger partial charge in [0, 0.05) is 37.2 Å². The minimum atomic E-state index is -3.33. The summed E-state index contributed by atoms with van der Waals surface area (Å²) in [6.07, 6.45) is 6.70. The number of carbonyl (C=O) groups excluding carboxylic acids is 1. The highest BCUT2D eigenvalue weighted by atomic mass is 32.2. The molecule has 2 aliphatic heterocycles. The standard InChI is InChI=1S/C22H36N4O4S/c1-3-16-15-26(31(28,29)12-11-25-9-5-6-10-25)18(4-2)13-19(16)23-22(27)20-14-21(30-24-20)17-7-8-17/h14,16-19H,3-13,15H2,1-2H3,(H,23,27). The van der Waals surface area contributed by atoms with Crippen molar-refractivity contribution in [2.75, 3.05) is 31.9 Å². The van der Waals surface area contributed by atoms with Gasteiger partial charge in [-0.3, -0.25) is 4.79 Å². The first-order valence-corrected chi connectivity index (χ1v) is 13.5. The molecule has 3 aliphatic rings. The van der Waals surface area contributed by atoms with E-state index in [0.29, 0.717) is 31.1 Å². The van der Waals surface area contributed by atoms with Crippen molar-refractivity contribution in [2.24, 2.45) is 5.92 Å². The van der Waals surface area contributed by atoms with E-state index >= 15 is 0 Å². The van der Waals surface area contributed by atoms with Crippen LogP contribution in [0.2, 0.25) is 0 Å². The molecule has 3 heterocycles. The normalized spacial score (nSPS) is 28.1. The monoisotopic (exact) mass is 452 g/mol. The first-order chi connectivity index (χ1) is 14.9. The smallest absolute Gasteiger partial charge is 0.273 e. The fourth-order valence-electron chi connectivity index (χ4n) is 4.98. The Morgan fingerprint density at radius 3 is 2.61 bits per heavy atom. The minimum absolute atomic E-state index is 0.0615. The molecule has 1 aliphatic carbocycles. The van der Waals surface area contributed by atoms with E-state index in [2.05, 4.69) is 22.3 Å². The molecular formula is C22H36N4O4S. The predicted molar refractivity (Wildman–Crippen MR) is 118 cm³/mol. The summed E-state index contributed by atoms with van der Waals surface area (Å²) in [6.45, 7) is 7.17. The van der Waals surface area contributed by atoms with E-state index in [9.17, 15) is 13.2 Å². The molecule has 4 rings (SSSR count). The molecule has 9 heteroatoms. The third-order valence-corrected chi connectivity index (χ3v) is 9.05. The molecule has 3 fully saturated rings. The van der Waals surface area contributed by atoms with Crippen molar-refractivity contribution in [3.05, 3.63) is 17.5 Å². The highest BCUT2D eigenvalue weighted by molar-refractivity contribution is 7.89. The Bertz CT molecular complexity index is 861. The van der Waals surface area contributed by atoms with Crippen molar-refractivity contribution < 1.29 is 17.7 Å². The van der Waals surface area contributed by atoms with Gasteiger partial charge in [0.1, 0.15) is 5.76 Å². The van der Waals surface area contributed by atoms with Crippen molar-refractivity contribution in [3.63, 3.8) is 0 Å². The molecular weight excluding hydrogens is 416 g/mol. The van der Waals surface area contributed by atoms with E-state index in [1.807, 2.05) is 6.92 Å². The molecule has 1 amide bonds. The predicted octanol–water partition coefficient (Wildman–Crippen LogP) is 2.59. The summed E-state index contributed by atoms with van der Waals surface area (Å²) in [4.78, 5) is 15.0. The highest BCUT2D eigenvalue weighted by Gasteiger charge is 2.40. The second-order valence-corrected chi connectivity index (χ2v) is 11.4. The van der Waals surface area contributed by atoms with Gasteiger partial charge in [0.05, 0.1) is 5.75 Å². The maximum absolute atomic E-state index is 13.2. The van der Waals surface area contributed by atoms with Crippen molar-refractivity contribution in [1.29, 1.82) is 0 Å². The maximum atomic E-state index is 13.2. The van der Waals surface area contributed by atoms with E-state index in [-0.39, 0.29) is 29.7 Å². The number of amides is 1. The Hall–Kier alpha value is -1.45. The van der Waals surface area contributed by atoms with E-state index in [4.69, 9.17) is 4.52 Å². The van der Waals surface area contributed by atoms with Crippen LogP contribution in [0.25, 0.3) is 0 Å². The van der Waals surface area contributed by atoms with Crippen LogP contribution in [0, 0.1) is 5.92 Å². The van der Waals surface area contributed by atoms with Gasteiger partial charge in [0.15, 0.2) is 5.69 Å². The quantitative estimate of drug-likeness (QED) is 0.619. The summed E-state index contributed by atoms with van der Waals surface area (Å²) in [6, 6.07) is 1.60. The number of rotatable bonds is 9. The molecule has 1 aromatic rings. The van der Waals surface area contributed by atoms with Gasteiger partial charge in [0.2, 0.25) is 10.0 Å². The van der Waals surface area contributed by atoms with Crippen molar-refractivity contribution >= 4 is 15.9 Å². The number of nitrogens with one attached hydrogen (secondary N) is 1. The van der Waals surface area contributed by atoms with Crippen LogP contribution in [0.5, 0.6) is 0 Å². The molecule has 1 saturated carbocycles. The van der Waals surface area contributed by atoms with Gasteiger partial charge in [0.25, 0.3) is 5.91 Å². The molecule has 0 radical (unpaired) electrons. The zero-order valence-corrected chi connectivity index (χ0v) is 19.6. The van der Waals surface area contributed by atoms with Gasteiger partial charge in [-0.15, -0.1) is 0 Å². The minimum Gasteiger partial charge on any atom is -0.360 e. The number of nitrogens with zero attached hydrogens (tertiary/aromatic N) is 3. The lowest BCUT2D eigenvalue weighted by Gasteiger charge is -2.43. The molecule has 174 valence electrons. The molecule has 2 saturated heterocycles. The van der Waals surface area contributed by atoms with Crippen LogP contribution in [0.1, 0.15) is 81.0 Å². The maximum Gasteiger partial charge on any atom is 0.273 e. The van der Waals surface area contributed by atoms with Crippen LogP contribution in [-0.2, 0) is 10.0 Å². The van der Waals surface area contributed by atoms with Gasteiger partial charge in [-0.1, -0.05) is 25.4 Å². The summed E-state index contributed by atoms with van der Waals surface area (Å²) in [5.41, 5.74) is 0.325. The number of piperidine rings is 1. The highest BCUT2D eigenvalue weighted by Crippen LogP contribution is 2.40. The van der Waals surface area contributed by atoms with Crippen LogP contribution >= 0.6 is 0 Å². The number of sulfonamides is 1. The number of hydrogen-bond acceptors (Lipinski definition) is 6. The molecule has 0 aromatic carbocycles. The van der Waals surface area contributed by atoms with Gasteiger partial charge < -0.3 is 14.7 Å². The van der Waals surface area contributed by atoms with Crippen molar-refractivity contribution in [3.8, 4) is 0 Å². The second-order valence-electron chi connectivity index (χ2n) is 9.37. The topological polar surface area (TPSA) is 95.8 Å². The van der Waals surface area contributed by atoms with E-state index < -0.39 is 10.0 Å². The van der Waals surface area contributed by atoms with Gasteiger partial charge in [-0.2, -0.15) is 4.31 Å². The Morgan fingerprint density at radius 1 is 1.23 bits per heavy atom. The average molecular weight is 453 g/mol. The Balaban J connectivity index is 1.40. The molecule has 1 aromatic heterocycles. The second kappa shape index (κ2) is 9.58. The van der Waals surface area contributed by atoms with Crippen LogP contribution in [0.3, 0.4) is 0 Å². The zero-order chi connectivity index (χ0) is 22.0. The van der Waals surface area contributed by atoms with Gasteiger partial charge >= 0.3 is 0 Å². The van der Waals surface area contributed by atoms with Gasteiger partial charge in [-0.25, -0.2) is 8.42 Å². The number of hydrogen-bond donors (Lipinski definition) is 1. The summed E-state index contributed by atoms with van der Waals surface area (Å²) >= 11 is 0. The first kappa shape index (κ1) is 22.7. The lowest BCUT2D eigenvalue weighted by Crippen LogP contribution is -2.57. The van der Waals surface area contributed by atoms with E-state index in [1.165, 1.54) is 0 Å². The zero-order valence-electron chi connectivity index (χ0n) is 18.8. The molecule has 0 spiro atoms. The molecule has 3 atom stereocenters. The molecule has 1 N–H and O–H groups in total. The van der Waals surface area contributed by atoms with Crippen LogP contribution < -0.4 is 5.32 Å². The third-order valence-electron chi connectivity index (χ3n) is 7.19. The SMILES string of the molecule is CCC1CN(S(=O)(=O)CCN2CCCC2)C(CC)CC1NC(=O)c1cc(C2CC2)on1. The molecule has 8 nitrogen and oxygen atoms in total. The lowest BCUT2D eigenvalue weighted by molar-refractivity contribution is 0.0846. The van der Waals surface area contributed by atoms with Crippen molar-refractivity contribution in [1.82, 2.24) is 19.7 Å². The third kappa shape index (κ3) is 5.31. The number of aromatic nitrogens is 1. The Labute approximate surface area is 185 Å². The summed E-state index contributed by atoms with van der Waals surface area (Å²) < 4.78 is 33.4. The van der Waals surface area contributed by atoms with Crippen molar-refractivity contribution in [2.45, 2.75) is 76.8 Å². The van der Waals surface area contributed by atoms with Crippen LogP contribution in [-0.4, -0.2) is 72.7 Å². The first-order valence-electron chi connectivity index (χ1n) is 11.9. The Morgan fingerprint density at radius 2 is 1.97 bits per heavy atom. The molecule has 31 heavy (non-hydrogen) atoms. The fraction of sp³-hybridized carbons (Fsp3) is 0.818. The average Bonchev–Trinajstić information content (AvgIpc) is 3.26. The number of carbonyl (C=O) groups is 1. The summed E-state index contributed by atoms with van der Waals surface area (Å²) in [7, 11) is -3.33. The molecule has 3 unspecified atom stereocenters. The Kier molecular flexibility index (Phi) is 7.03. The summed E-state index contributed by atoms with van der Waals surface area (Å²) in [5.74, 6) is 1.25. The fourth-order valence-corrected chi connectivity index (χ4v) is 6.81. The van der Waals surface area contributed by atoms with Crippen LogP contribution in [0.4, 0.5) is 0 Å². The number of likely N-dealkylation sites (tertiary alicyclic amines) is 1. The molecule has 0 bridgehead atoms. The van der Waals surface area contributed by atoms with Gasteiger partial charge in [-0.05, 0) is 57.5 Å².